The van der Waals surface area contributed by atoms with Gasteiger partial charge in [0.15, 0.2) is 23.1 Å². The van der Waals surface area contributed by atoms with Gasteiger partial charge in [0.1, 0.15) is 13.3 Å². The number of rotatable bonds is 8. The monoisotopic (exact) mass is 450 g/mol. The lowest BCUT2D eigenvalue weighted by Gasteiger charge is -2.28. The van der Waals surface area contributed by atoms with Gasteiger partial charge in [-0.3, -0.25) is 0 Å². The molecule has 2 nitrogen and oxygen atoms in total. The van der Waals surface area contributed by atoms with Crippen LogP contribution in [0.4, 0.5) is 17.6 Å². The predicted octanol–water partition coefficient (Wildman–Crippen LogP) is 7.69. The van der Waals surface area contributed by atoms with Gasteiger partial charge in [-0.2, -0.15) is 8.78 Å². The molecule has 0 saturated heterocycles. The third-order valence-corrected chi connectivity index (χ3v) is 6.87. The minimum Gasteiger partial charge on any atom is -0.488 e. The lowest BCUT2D eigenvalue weighted by atomic mass is 9.78. The summed E-state index contributed by atoms with van der Waals surface area (Å²) in [5.74, 6) is -2.27. The van der Waals surface area contributed by atoms with E-state index in [0.29, 0.717) is 29.0 Å². The van der Waals surface area contributed by atoms with Gasteiger partial charge in [-0.25, -0.2) is 8.78 Å². The topological polar surface area (TPSA) is 18.5 Å². The average molecular weight is 451 g/mol. The molecule has 2 aromatic carbocycles. The summed E-state index contributed by atoms with van der Waals surface area (Å²) >= 11 is 0. The van der Waals surface area contributed by atoms with Crippen molar-refractivity contribution in [2.24, 2.45) is 11.8 Å². The molecule has 2 aliphatic rings. The fraction of sp³-hybridized carbons (Fsp3) is 0.538. The molecule has 4 rings (SSSR count). The van der Waals surface area contributed by atoms with E-state index in [-0.39, 0.29) is 30.3 Å². The molecule has 174 valence electrons. The molecular weight excluding hydrogens is 420 g/mol. The molecule has 0 amide bonds. The van der Waals surface area contributed by atoms with E-state index in [0.717, 1.165) is 12.3 Å². The van der Waals surface area contributed by atoms with Crippen molar-refractivity contribution < 1.29 is 27.0 Å². The molecular formula is C26H30F4O2. The van der Waals surface area contributed by atoms with E-state index in [1.807, 2.05) is 0 Å². The Kier molecular flexibility index (Phi) is 7.27. The van der Waals surface area contributed by atoms with E-state index < -0.39 is 24.1 Å². The Morgan fingerprint density at radius 2 is 1.59 bits per heavy atom. The summed E-state index contributed by atoms with van der Waals surface area (Å²) in [7, 11) is 0. The highest BCUT2D eigenvalue weighted by Crippen LogP contribution is 2.44. The van der Waals surface area contributed by atoms with Gasteiger partial charge < -0.3 is 9.47 Å². The van der Waals surface area contributed by atoms with Gasteiger partial charge in [0, 0.05) is 17.5 Å². The van der Waals surface area contributed by atoms with Crippen molar-refractivity contribution in [1.82, 2.24) is 0 Å². The van der Waals surface area contributed by atoms with E-state index in [4.69, 9.17) is 9.47 Å². The molecule has 0 bridgehead atoms. The van der Waals surface area contributed by atoms with Crippen LogP contribution in [0, 0.1) is 29.3 Å². The number of hydrogen-bond donors (Lipinski definition) is 0. The third kappa shape index (κ3) is 4.74. The molecule has 0 N–H and O–H groups in total. The SMILES string of the molecule is CCCC1CCC(CCc2ccc3c(c2F)Oc2c(cc(OCCF)c(F)c2F)C3)CC1. The molecule has 0 radical (unpaired) electrons. The second kappa shape index (κ2) is 10.1. The Balaban J connectivity index is 1.46. The first-order chi connectivity index (χ1) is 15.5. The molecule has 1 aliphatic carbocycles. The highest BCUT2D eigenvalue weighted by Gasteiger charge is 2.29. The number of aryl methyl sites for hydroxylation is 1. The number of alkyl halides is 1. The van der Waals surface area contributed by atoms with Crippen molar-refractivity contribution in [1.29, 1.82) is 0 Å². The summed E-state index contributed by atoms with van der Waals surface area (Å²) in [5, 5.41) is 0. The average Bonchev–Trinajstić information content (AvgIpc) is 2.80. The van der Waals surface area contributed by atoms with Crippen LogP contribution in [0.2, 0.25) is 0 Å². The van der Waals surface area contributed by atoms with E-state index in [1.165, 1.54) is 44.6 Å². The minimum atomic E-state index is -1.25. The number of hydrogen-bond acceptors (Lipinski definition) is 2. The van der Waals surface area contributed by atoms with Gasteiger partial charge >= 0.3 is 0 Å². The smallest absolute Gasteiger partial charge is 0.205 e. The predicted molar refractivity (Wildman–Crippen MR) is 116 cm³/mol. The maximum absolute atomic E-state index is 15.2. The van der Waals surface area contributed by atoms with Gasteiger partial charge in [-0.05, 0) is 36.3 Å². The Morgan fingerprint density at radius 3 is 2.28 bits per heavy atom. The van der Waals surface area contributed by atoms with Crippen LogP contribution in [0.1, 0.15) is 68.6 Å². The summed E-state index contributed by atoms with van der Waals surface area (Å²) in [5.41, 5.74) is 1.47. The maximum atomic E-state index is 15.2. The second-order valence-electron chi connectivity index (χ2n) is 9.05. The number of ether oxygens (including phenoxy) is 2. The second-order valence-corrected chi connectivity index (χ2v) is 9.05. The normalized spacial score (nSPS) is 19.8. The number of fused-ring (bicyclic) bond motifs is 2. The molecule has 1 fully saturated rings. The van der Waals surface area contributed by atoms with Crippen LogP contribution in [0.25, 0.3) is 0 Å². The van der Waals surface area contributed by atoms with Crippen LogP contribution < -0.4 is 9.47 Å². The van der Waals surface area contributed by atoms with Gasteiger partial charge in [0.25, 0.3) is 0 Å². The van der Waals surface area contributed by atoms with Crippen LogP contribution in [0.5, 0.6) is 17.2 Å². The largest absolute Gasteiger partial charge is 0.488 e. The van der Waals surface area contributed by atoms with E-state index in [2.05, 4.69) is 6.92 Å². The van der Waals surface area contributed by atoms with Crippen LogP contribution in [0.3, 0.4) is 0 Å². The first-order valence-electron chi connectivity index (χ1n) is 11.7. The Morgan fingerprint density at radius 1 is 0.906 bits per heavy atom. The van der Waals surface area contributed by atoms with Crippen molar-refractivity contribution in [3.63, 3.8) is 0 Å². The third-order valence-electron chi connectivity index (χ3n) is 6.87. The van der Waals surface area contributed by atoms with Crippen LogP contribution in [0.15, 0.2) is 18.2 Å². The van der Waals surface area contributed by atoms with Crippen LogP contribution in [-0.4, -0.2) is 13.3 Å². The van der Waals surface area contributed by atoms with Crippen molar-refractivity contribution in [2.75, 3.05) is 13.3 Å². The van der Waals surface area contributed by atoms with Crippen LogP contribution in [-0.2, 0) is 12.8 Å². The Labute approximate surface area is 186 Å². The molecule has 0 aromatic heterocycles. The summed E-state index contributed by atoms with van der Waals surface area (Å²) < 4.78 is 66.9. The van der Waals surface area contributed by atoms with Crippen molar-refractivity contribution in [3.8, 4) is 17.2 Å². The van der Waals surface area contributed by atoms with E-state index >= 15 is 4.39 Å². The minimum absolute atomic E-state index is 0.0302. The Hall–Kier alpha value is -2.24. The fourth-order valence-corrected chi connectivity index (χ4v) is 5.09. The standard InChI is InChI=1S/C26H30F4O2/c1-2-3-16-4-6-17(7-5-16)8-9-18-10-11-19-14-20-15-21(31-13-12-27)23(29)24(30)26(20)32-25(19)22(18)28/h10-11,15-17H,2-9,12-14H2,1H3. The summed E-state index contributed by atoms with van der Waals surface area (Å²) in [4.78, 5) is 0. The zero-order valence-electron chi connectivity index (χ0n) is 18.5. The van der Waals surface area contributed by atoms with E-state index in [9.17, 15) is 13.2 Å². The summed E-state index contributed by atoms with van der Waals surface area (Å²) in [6, 6.07) is 4.86. The quantitative estimate of drug-likeness (QED) is 0.328. The summed E-state index contributed by atoms with van der Waals surface area (Å²) in [6.07, 6.45) is 9.14. The van der Waals surface area contributed by atoms with Gasteiger partial charge in [0.2, 0.25) is 11.6 Å². The molecule has 32 heavy (non-hydrogen) atoms. The molecule has 1 aliphatic heterocycles. The number of benzene rings is 2. The number of halogens is 4. The zero-order chi connectivity index (χ0) is 22.7. The van der Waals surface area contributed by atoms with E-state index in [1.54, 1.807) is 12.1 Å². The highest BCUT2D eigenvalue weighted by atomic mass is 19.2. The first-order valence-corrected chi connectivity index (χ1v) is 11.7. The zero-order valence-corrected chi connectivity index (χ0v) is 18.5. The summed E-state index contributed by atoms with van der Waals surface area (Å²) in [6.45, 7) is 1.04. The van der Waals surface area contributed by atoms with Gasteiger partial charge in [-0.15, -0.1) is 0 Å². The lowest BCUT2D eigenvalue weighted by molar-refractivity contribution is 0.251. The Bertz CT molecular complexity index is 952. The fourth-order valence-electron chi connectivity index (χ4n) is 5.09. The molecule has 2 aromatic rings. The molecule has 0 spiro atoms. The van der Waals surface area contributed by atoms with Gasteiger partial charge in [-0.1, -0.05) is 57.6 Å². The molecule has 6 heteroatoms. The maximum Gasteiger partial charge on any atom is 0.205 e. The van der Waals surface area contributed by atoms with Gasteiger partial charge in [0.05, 0.1) is 0 Å². The highest BCUT2D eigenvalue weighted by molar-refractivity contribution is 5.54. The van der Waals surface area contributed by atoms with Crippen molar-refractivity contribution in [3.05, 3.63) is 52.3 Å². The van der Waals surface area contributed by atoms with Crippen LogP contribution >= 0.6 is 0 Å². The lowest BCUT2D eigenvalue weighted by Crippen LogP contribution is -2.15. The van der Waals surface area contributed by atoms with Crippen molar-refractivity contribution >= 4 is 0 Å². The molecule has 1 heterocycles. The first kappa shape index (κ1) is 22.9. The molecule has 1 saturated carbocycles. The molecule has 0 unspecified atom stereocenters. The van der Waals surface area contributed by atoms with Crippen molar-refractivity contribution in [2.45, 2.75) is 64.7 Å². The molecule has 0 atom stereocenters.